The molecular formula is C22H23BrN2O4S. The molecule has 0 unspecified atom stereocenters. The van der Waals surface area contributed by atoms with Crippen molar-refractivity contribution >= 4 is 39.2 Å². The second-order valence-electron chi connectivity index (χ2n) is 7.43. The molecule has 0 saturated carbocycles. The van der Waals surface area contributed by atoms with Crippen LogP contribution >= 0.6 is 28.1 Å². The van der Waals surface area contributed by atoms with E-state index in [1.54, 1.807) is 14.0 Å². The molecule has 0 radical (unpaired) electrons. The van der Waals surface area contributed by atoms with Crippen molar-refractivity contribution in [2.45, 2.75) is 32.2 Å². The van der Waals surface area contributed by atoms with Crippen molar-refractivity contribution < 1.29 is 19.0 Å². The summed E-state index contributed by atoms with van der Waals surface area (Å²) in [4.78, 5) is 15.0. The molecule has 6 nitrogen and oxygen atoms in total. The van der Waals surface area contributed by atoms with E-state index < -0.39 is 11.6 Å². The van der Waals surface area contributed by atoms with E-state index in [9.17, 15) is 4.79 Å². The summed E-state index contributed by atoms with van der Waals surface area (Å²) in [7, 11) is 1.63. The zero-order valence-corrected chi connectivity index (χ0v) is 19.4. The van der Waals surface area contributed by atoms with Gasteiger partial charge in [-0.1, -0.05) is 28.1 Å². The highest BCUT2D eigenvalue weighted by atomic mass is 79.9. The van der Waals surface area contributed by atoms with E-state index in [1.807, 2.05) is 54.3 Å². The molecule has 1 saturated heterocycles. The van der Waals surface area contributed by atoms with E-state index in [0.29, 0.717) is 18.3 Å². The Hall–Kier alpha value is -2.32. The maximum absolute atomic E-state index is 13.1. The molecule has 0 amide bonds. The molecule has 1 N–H and O–H groups in total. The summed E-state index contributed by atoms with van der Waals surface area (Å²) < 4.78 is 18.1. The van der Waals surface area contributed by atoms with Crippen molar-refractivity contribution in [2.24, 2.45) is 5.92 Å². The quantitative estimate of drug-likeness (QED) is 0.498. The first-order valence-corrected chi connectivity index (χ1v) is 10.9. The van der Waals surface area contributed by atoms with Gasteiger partial charge in [0, 0.05) is 16.6 Å². The van der Waals surface area contributed by atoms with Crippen molar-refractivity contribution in [3.05, 3.63) is 58.1 Å². The van der Waals surface area contributed by atoms with Gasteiger partial charge < -0.3 is 24.4 Å². The van der Waals surface area contributed by atoms with Gasteiger partial charge in [-0.3, -0.25) is 4.79 Å². The molecule has 2 aromatic rings. The normalized spacial score (nSPS) is 24.4. The number of ether oxygens (including phenoxy) is 3. The minimum atomic E-state index is -1.000. The second kappa shape index (κ2) is 8.07. The van der Waals surface area contributed by atoms with Crippen LogP contribution in [0.25, 0.3) is 0 Å². The Labute approximate surface area is 189 Å². The molecule has 0 aliphatic carbocycles. The number of benzene rings is 2. The topological polar surface area (TPSA) is 60.0 Å². The fourth-order valence-corrected chi connectivity index (χ4v) is 4.91. The highest BCUT2D eigenvalue weighted by Crippen LogP contribution is 2.49. The molecule has 158 valence electrons. The molecule has 2 bridgehead atoms. The minimum Gasteiger partial charge on any atom is -0.497 e. The lowest BCUT2D eigenvalue weighted by Crippen LogP contribution is -2.70. The van der Waals surface area contributed by atoms with Crippen molar-refractivity contribution in [3.63, 3.8) is 0 Å². The van der Waals surface area contributed by atoms with Crippen LogP contribution in [0, 0.1) is 5.92 Å². The van der Waals surface area contributed by atoms with Crippen LogP contribution in [0.4, 0.5) is 0 Å². The summed E-state index contributed by atoms with van der Waals surface area (Å²) in [5.41, 5.74) is 0.902. The van der Waals surface area contributed by atoms with Crippen molar-refractivity contribution in [2.75, 3.05) is 13.7 Å². The van der Waals surface area contributed by atoms with Gasteiger partial charge >= 0.3 is 5.97 Å². The summed E-state index contributed by atoms with van der Waals surface area (Å²) in [6, 6.07) is 13.2. The highest BCUT2D eigenvalue weighted by Gasteiger charge is 2.59. The number of carbonyl (C=O) groups is 1. The second-order valence-corrected chi connectivity index (χ2v) is 8.73. The maximum Gasteiger partial charge on any atom is 0.317 e. The number of hydrogen-bond donors (Lipinski definition) is 1. The zero-order chi connectivity index (χ0) is 21.5. The van der Waals surface area contributed by atoms with E-state index in [2.05, 4.69) is 21.2 Å². The molecule has 2 aromatic carbocycles. The lowest BCUT2D eigenvalue weighted by molar-refractivity contribution is -0.176. The molecule has 2 heterocycles. The molecule has 30 heavy (non-hydrogen) atoms. The SMILES string of the molecule is CCOC(=O)[C@H]1[C@H]2NC(=S)N(Cc3ccc(OC)cc3)[C@@]1(C)Oc1ccc(Br)cc12. The number of esters is 1. The third-order valence-corrected chi connectivity index (χ3v) is 6.47. The average Bonchev–Trinajstić information content (AvgIpc) is 2.72. The van der Waals surface area contributed by atoms with Crippen LogP contribution in [0.5, 0.6) is 11.5 Å². The average molecular weight is 491 g/mol. The van der Waals surface area contributed by atoms with Crippen LogP contribution in [0.3, 0.4) is 0 Å². The lowest BCUT2D eigenvalue weighted by Gasteiger charge is -2.55. The number of rotatable bonds is 5. The van der Waals surface area contributed by atoms with E-state index >= 15 is 0 Å². The molecule has 4 rings (SSSR count). The van der Waals surface area contributed by atoms with Gasteiger partial charge in [0.25, 0.3) is 0 Å². The van der Waals surface area contributed by atoms with E-state index in [0.717, 1.165) is 27.1 Å². The third-order valence-electron chi connectivity index (χ3n) is 5.63. The fourth-order valence-electron chi connectivity index (χ4n) is 4.16. The first-order chi connectivity index (χ1) is 14.4. The maximum atomic E-state index is 13.1. The molecular weight excluding hydrogens is 468 g/mol. The summed E-state index contributed by atoms with van der Waals surface area (Å²) >= 11 is 9.22. The Bertz CT molecular complexity index is 984. The predicted octanol–water partition coefficient (Wildman–Crippen LogP) is 4.18. The number of fused-ring (bicyclic) bond motifs is 4. The van der Waals surface area contributed by atoms with Gasteiger partial charge in [0.1, 0.15) is 17.4 Å². The molecule has 2 aliphatic rings. The van der Waals surface area contributed by atoms with Gasteiger partial charge in [0.15, 0.2) is 10.8 Å². The van der Waals surface area contributed by atoms with Gasteiger partial charge in [-0.2, -0.15) is 0 Å². The first-order valence-electron chi connectivity index (χ1n) is 9.73. The summed E-state index contributed by atoms with van der Waals surface area (Å²) in [5.74, 6) is 0.595. The van der Waals surface area contributed by atoms with Gasteiger partial charge in [0.05, 0.1) is 19.8 Å². The summed E-state index contributed by atoms with van der Waals surface area (Å²) in [6.07, 6.45) is 0. The van der Waals surface area contributed by atoms with Crippen LogP contribution in [0.15, 0.2) is 46.9 Å². The Morgan fingerprint density at radius 2 is 2.03 bits per heavy atom. The van der Waals surface area contributed by atoms with Gasteiger partial charge in [0.2, 0.25) is 0 Å². The number of carbonyl (C=O) groups excluding carboxylic acids is 1. The first kappa shape index (κ1) is 20.9. The Kier molecular flexibility index (Phi) is 5.63. The van der Waals surface area contributed by atoms with Gasteiger partial charge in [-0.05, 0) is 62.0 Å². The number of halogens is 1. The minimum absolute atomic E-state index is 0.298. The van der Waals surface area contributed by atoms with Crippen LogP contribution < -0.4 is 14.8 Å². The Balaban J connectivity index is 1.76. The van der Waals surface area contributed by atoms with E-state index in [4.69, 9.17) is 26.4 Å². The highest BCUT2D eigenvalue weighted by molar-refractivity contribution is 9.10. The van der Waals surface area contributed by atoms with Crippen molar-refractivity contribution in [1.29, 1.82) is 0 Å². The van der Waals surface area contributed by atoms with Gasteiger partial charge in [-0.25, -0.2) is 0 Å². The summed E-state index contributed by atoms with van der Waals surface area (Å²) in [6.45, 7) is 4.48. The van der Waals surface area contributed by atoms with Gasteiger partial charge in [-0.15, -0.1) is 0 Å². The van der Waals surface area contributed by atoms with Crippen LogP contribution in [-0.2, 0) is 16.1 Å². The molecule has 3 atom stereocenters. The molecule has 2 aliphatic heterocycles. The van der Waals surface area contributed by atoms with Crippen molar-refractivity contribution in [1.82, 2.24) is 10.2 Å². The Morgan fingerprint density at radius 3 is 2.70 bits per heavy atom. The largest absolute Gasteiger partial charge is 0.497 e. The number of hydrogen-bond acceptors (Lipinski definition) is 5. The number of methoxy groups -OCH3 is 1. The van der Waals surface area contributed by atoms with Crippen LogP contribution in [0.1, 0.15) is 31.0 Å². The standard InChI is InChI=1S/C22H23BrN2O4S/c1-4-28-20(26)18-19-16-11-14(23)7-10-17(16)29-22(18,2)25(21(30)24-19)12-13-5-8-15(27-3)9-6-13/h5-11,18-19H,4,12H2,1-3H3,(H,24,30)/t18-,19+,22+/m1/s1. The number of nitrogens with one attached hydrogen (secondary N) is 1. The predicted molar refractivity (Wildman–Crippen MR) is 120 cm³/mol. The third kappa shape index (κ3) is 3.52. The smallest absolute Gasteiger partial charge is 0.317 e. The fraction of sp³-hybridized carbons (Fsp3) is 0.364. The molecule has 1 fully saturated rings. The number of thiocarbonyl (C=S) groups is 1. The summed E-state index contributed by atoms with van der Waals surface area (Å²) in [5, 5.41) is 3.90. The van der Waals surface area contributed by atoms with E-state index in [-0.39, 0.29) is 12.0 Å². The zero-order valence-electron chi connectivity index (χ0n) is 17.0. The monoisotopic (exact) mass is 490 g/mol. The van der Waals surface area contributed by atoms with Crippen molar-refractivity contribution in [3.8, 4) is 11.5 Å². The molecule has 0 spiro atoms. The van der Waals surface area contributed by atoms with Crippen LogP contribution in [0.2, 0.25) is 0 Å². The number of nitrogens with zero attached hydrogens (tertiary/aromatic N) is 1. The lowest BCUT2D eigenvalue weighted by atomic mass is 9.79. The molecule has 0 aromatic heterocycles. The van der Waals surface area contributed by atoms with E-state index in [1.165, 1.54) is 0 Å². The molecule has 8 heteroatoms. The van der Waals surface area contributed by atoms with Crippen LogP contribution in [-0.4, -0.2) is 35.4 Å². The Morgan fingerprint density at radius 1 is 1.30 bits per heavy atom.